The van der Waals surface area contributed by atoms with E-state index in [0.717, 1.165) is 0 Å². The average molecular weight is 231 g/mol. The van der Waals surface area contributed by atoms with Gasteiger partial charge >= 0.3 is 0 Å². The Kier molecular flexibility index (Phi) is 3.15. The molecule has 0 aliphatic heterocycles. The lowest BCUT2D eigenvalue weighted by Gasteiger charge is -2.12. The van der Waals surface area contributed by atoms with Crippen molar-refractivity contribution < 1.29 is 4.39 Å². The van der Waals surface area contributed by atoms with Crippen molar-refractivity contribution in [2.75, 3.05) is 0 Å². The molecule has 2 aromatic rings. The van der Waals surface area contributed by atoms with Crippen LogP contribution in [0.3, 0.4) is 0 Å². The fourth-order valence-corrected chi connectivity index (χ4v) is 1.62. The average Bonchev–Trinajstić information content (AvgIpc) is 2.32. The molecule has 0 saturated heterocycles. The second-order valence-corrected chi connectivity index (χ2v) is 4.02. The maximum absolute atomic E-state index is 13.4. The van der Waals surface area contributed by atoms with Crippen molar-refractivity contribution in [2.45, 2.75) is 19.9 Å². The van der Waals surface area contributed by atoms with E-state index >= 15 is 0 Å². The number of aryl methyl sites for hydroxylation is 2. The Balaban J connectivity index is 2.36. The van der Waals surface area contributed by atoms with Gasteiger partial charge in [-0.2, -0.15) is 0 Å². The smallest absolute Gasteiger partial charge is 0.126 e. The van der Waals surface area contributed by atoms with Crippen molar-refractivity contribution in [1.29, 1.82) is 0 Å². The molecule has 1 aromatic heterocycles. The number of benzene rings is 1. The zero-order chi connectivity index (χ0) is 12.4. The number of hydrogen-bond acceptors (Lipinski definition) is 3. The van der Waals surface area contributed by atoms with E-state index in [2.05, 4.69) is 9.97 Å². The quantitative estimate of drug-likeness (QED) is 0.862. The van der Waals surface area contributed by atoms with Crippen molar-refractivity contribution in [2.24, 2.45) is 5.73 Å². The fraction of sp³-hybridized carbons (Fsp3) is 0.231. The van der Waals surface area contributed by atoms with Crippen molar-refractivity contribution >= 4 is 0 Å². The van der Waals surface area contributed by atoms with Crippen LogP contribution in [0.1, 0.15) is 28.7 Å². The van der Waals surface area contributed by atoms with E-state index in [1.807, 2.05) is 6.07 Å². The molecular weight excluding hydrogens is 217 g/mol. The third kappa shape index (κ3) is 2.47. The van der Waals surface area contributed by atoms with Crippen molar-refractivity contribution in [3.05, 3.63) is 58.9 Å². The predicted molar refractivity (Wildman–Crippen MR) is 63.9 cm³/mol. The molecule has 0 bridgehead atoms. The molecule has 1 aromatic carbocycles. The maximum Gasteiger partial charge on any atom is 0.126 e. The molecule has 1 heterocycles. The Hall–Kier alpha value is -1.81. The van der Waals surface area contributed by atoms with E-state index in [0.29, 0.717) is 22.6 Å². The summed E-state index contributed by atoms with van der Waals surface area (Å²) in [5, 5.41) is 0. The molecule has 0 aliphatic rings. The first-order valence-corrected chi connectivity index (χ1v) is 5.39. The molecule has 0 aliphatic carbocycles. The van der Waals surface area contributed by atoms with E-state index in [4.69, 9.17) is 5.73 Å². The standard InChI is InChI=1S/C13H14FN3/c1-8-3-4-10(7-11(8)14)13(15)12-5-6-16-9(2)17-12/h3-7,13H,15H2,1-2H3. The first-order chi connectivity index (χ1) is 8.08. The molecule has 1 unspecified atom stereocenters. The first kappa shape index (κ1) is 11.7. The molecule has 4 heteroatoms. The van der Waals surface area contributed by atoms with Crippen molar-refractivity contribution in [3.63, 3.8) is 0 Å². The number of halogens is 1. The summed E-state index contributed by atoms with van der Waals surface area (Å²) in [7, 11) is 0. The Morgan fingerprint density at radius 3 is 2.65 bits per heavy atom. The van der Waals surface area contributed by atoms with Gasteiger partial charge < -0.3 is 5.73 Å². The van der Waals surface area contributed by atoms with Crippen LogP contribution in [0, 0.1) is 19.7 Å². The monoisotopic (exact) mass is 231 g/mol. The lowest BCUT2D eigenvalue weighted by Crippen LogP contribution is -2.14. The molecule has 17 heavy (non-hydrogen) atoms. The number of rotatable bonds is 2. The van der Waals surface area contributed by atoms with Gasteiger partial charge in [0.1, 0.15) is 11.6 Å². The zero-order valence-electron chi connectivity index (χ0n) is 9.81. The van der Waals surface area contributed by atoms with Gasteiger partial charge in [-0.25, -0.2) is 14.4 Å². The van der Waals surface area contributed by atoms with Crippen LogP contribution in [0.5, 0.6) is 0 Å². The van der Waals surface area contributed by atoms with E-state index in [1.54, 1.807) is 32.2 Å². The third-order valence-corrected chi connectivity index (χ3v) is 2.67. The molecule has 1 atom stereocenters. The van der Waals surface area contributed by atoms with Gasteiger partial charge in [-0.1, -0.05) is 12.1 Å². The summed E-state index contributed by atoms with van der Waals surface area (Å²) in [5.74, 6) is 0.411. The highest BCUT2D eigenvalue weighted by Gasteiger charge is 2.12. The molecule has 0 radical (unpaired) electrons. The van der Waals surface area contributed by atoms with Crippen molar-refractivity contribution in [1.82, 2.24) is 9.97 Å². The summed E-state index contributed by atoms with van der Waals surface area (Å²) in [6.07, 6.45) is 1.65. The van der Waals surface area contributed by atoms with E-state index < -0.39 is 6.04 Å². The van der Waals surface area contributed by atoms with Crippen LogP contribution in [0.15, 0.2) is 30.5 Å². The van der Waals surface area contributed by atoms with Gasteiger partial charge in [0.2, 0.25) is 0 Å². The Morgan fingerprint density at radius 2 is 2.00 bits per heavy atom. The highest BCUT2D eigenvalue weighted by atomic mass is 19.1. The summed E-state index contributed by atoms with van der Waals surface area (Å²) in [4.78, 5) is 8.25. The summed E-state index contributed by atoms with van der Waals surface area (Å²) in [6, 6.07) is 6.32. The lowest BCUT2D eigenvalue weighted by molar-refractivity contribution is 0.613. The van der Waals surface area contributed by atoms with Gasteiger partial charge in [0, 0.05) is 6.20 Å². The molecule has 0 amide bonds. The van der Waals surface area contributed by atoms with Crippen LogP contribution in [0.2, 0.25) is 0 Å². The second kappa shape index (κ2) is 4.59. The minimum Gasteiger partial charge on any atom is -0.319 e. The lowest BCUT2D eigenvalue weighted by atomic mass is 10.0. The SMILES string of the molecule is Cc1nccc(C(N)c2ccc(C)c(F)c2)n1. The Labute approximate surface area is 99.5 Å². The molecule has 2 rings (SSSR count). The van der Waals surface area contributed by atoms with Gasteiger partial charge in [-0.3, -0.25) is 0 Å². The van der Waals surface area contributed by atoms with Gasteiger partial charge in [-0.05, 0) is 37.1 Å². The van der Waals surface area contributed by atoms with E-state index in [-0.39, 0.29) is 5.82 Å². The van der Waals surface area contributed by atoms with Crippen molar-refractivity contribution in [3.8, 4) is 0 Å². The summed E-state index contributed by atoms with van der Waals surface area (Å²) in [6.45, 7) is 3.52. The van der Waals surface area contributed by atoms with Crippen LogP contribution in [0.4, 0.5) is 4.39 Å². The molecule has 0 fully saturated rings. The van der Waals surface area contributed by atoms with Crippen LogP contribution in [0.25, 0.3) is 0 Å². The highest BCUT2D eigenvalue weighted by molar-refractivity contribution is 5.30. The maximum atomic E-state index is 13.4. The highest BCUT2D eigenvalue weighted by Crippen LogP contribution is 2.19. The minimum atomic E-state index is -0.424. The number of hydrogen-bond donors (Lipinski definition) is 1. The van der Waals surface area contributed by atoms with Crippen LogP contribution < -0.4 is 5.73 Å². The topological polar surface area (TPSA) is 51.8 Å². The number of aromatic nitrogens is 2. The van der Waals surface area contributed by atoms with Crippen LogP contribution in [-0.4, -0.2) is 9.97 Å². The van der Waals surface area contributed by atoms with Gasteiger partial charge in [0.15, 0.2) is 0 Å². The Bertz CT molecular complexity index is 540. The normalized spacial score (nSPS) is 12.5. The second-order valence-electron chi connectivity index (χ2n) is 4.02. The summed E-state index contributed by atoms with van der Waals surface area (Å²) in [5.41, 5.74) is 8.07. The molecule has 2 N–H and O–H groups in total. The summed E-state index contributed by atoms with van der Waals surface area (Å²) < 4.78 is 13.4. The third-order valence-electron chi connectivity index (χ3n) is 2.67. The fourth-order valence-electron chi connectivity index (χ4n) is 1.62. The Morgan fingerprint density at radius 1 is 1.24 bits per heavy atom. The van der Waals surface area contributed by atoms with Crippen LogP contribution in [-0.2, 0) is 0 Å². The van der Waals surface area contributed by atoms with E-state index in [1.165, 1.54) is 6.07 Å². The van der Waals surface area contributed by atoms with Gasteiger partial charge in [0.25, 0.3) is 0 Å². The largest absolute Gasteiger partial charge is 0.319 e. The molecular formula is C13H14FN3. The minimum absolute atomic E-state index is 0.247. The van der Waals surface area contributed by atoms with Gasteiger partial charge in [0.05, 0.1) is 11.7 Å². The first-order valence-electron chi connectivity index (χ1n) is 5.39. The molecule has 0 spiro atoms. The molecule has 88 valence electrons. The van der Waals surface area contributed by atoms with E-state index in [9.17, 15) is 4.39 Å². The predicted octanol–water partition coefficient (Wildman–Crippen LogP) is 2.28. The number of nitrogens with zero attached hydrogens (tertiary/aromatic N) is 2. The molecule has 3 nitrogen and oxygen atoms in total. The zero-order valence-corrected chi connectivity index (χ0v) is 9.81. The van der Waals surface area contributed by atoms with Crippen LogP contribution >= 0.6 is 0 Å². The summed E-state index contributed by atoms with van der Waals surface area (Å²) >= 11 is 0. The molecule has 0 saturated carbocycles. The number of nitrogens with two attached hydrogens (primary N) is 1. The van der Waals surface area contributed by atoms with Gasteiger partial charge in [-0.15, -0.1) is 0 Å².